The maximum absolute atomic E-state index is 12.8. The van der Waals surface area contributed by atoms with Crippen molar-refractivity contribution in [2.24, 2.45) is 0 Å². The van der Waals surface area contributed by atoms with Crippen molar-refractivity contribution in [1.82, 2.24) is 0 Å². The van der Waals surface area contributed by atoms with Crippen LogP contribution in [-0.2, 0) is 6.42 Å². The molecule has 3 N–H and O–H groups in total. The normalized spacial score (nSPS) is 11.3. The van der Waals surface area contributed by atoms with E-state index in [1.807, 2.05) is 32.0 Å². The Kier molecular flexibility index (Phi) is 6.47. The van der Waals surface area contributed by atoms with Gasteiger partial charge in [-0.1, -0.05) is 36.4 Å². The van der Waals surface area contributed by atoms with Gasteiger partial charge in [-0.3, -0.25) is 4.79 Å². The number of benzene rings is 3. The van der Waals surface area contributed by atoms with E-state index in [-0.39, 0.29) is 23.4 Å². The Bertz CT molecular complexity index is 1090. The highest BCUT2D eigenvalue weighted by atomic mass is 31.2. The van der Waals surface area contributed by atoms with E-state index in [1.165, 1.54) is 0 Å². The van der Waals surface area contributed by atoms with Crippen LogP contribution in [0.5, 0.6) is 11.5 Å². The lowest BCUT2D eigenvalue weighted by molar-refractivity contribution is 0.103. The molecule has 0 aliphatic carbocycles. The highest BCUT2D eigenvalue weighted by molar-refractivity contribution is 7.62. The zero-order valence-electron chi connectivity index (χ0n) is 17.0. The summed E-state index contributed by atoms with van der Waals surface area (Å²) >= 11 is 0. The molecule has 0 bridgehead atoms. The number of ether oxygens (including phenoxy) is 1. The van der Waals surface area contributed by atoms with Gasteiger partial charge in [0.2, 0.25) is 0 Å². The standard InChI is InChI=1S/C24H25O5P/c1-16-11-20(29-15-30(3,27)28)12-17(2)21(16)13-18-9-10-23(25)22(14-18)24(26)19-7-5-4-6-8-19/h4-12,14,25,27-28H,3,13,15H2,1-2H3. The van der Waals surface area contributed by atoms with Gasteiger partial charge >= 0.3 is 0 Å². The minimum absolute atomic E-state index is 0.0437. The number of hydrogen-bond donors (Lipinski definition) is 3. The van der Waals surface area contributed by atoms with Crippen LogP contribution in [0.2, 0.25) is 0 Å². The third-order valence-electron chi connectivity index (χ3n) is 4.83. The minimum Gasteiger partial charge on any atom is -0.507 e. The summed E-state index contributed by atoms with van der Waals surface area (Å²) in [5.74, 6) is 0.286. The lowest BCUT2D eigenvalue weighted by Gasteiger charge is -2.16. The molecule has 30 heavy (non-hydrogen) atoms. The van der Waals surface area contributed by atoms with Crippen molar-refractivity contribution in [2.45, 2.75) is 20.3 Å². The molecule has 0 fully saturated rings. The van der Waals surface area contributed by atoms with Crippen LogP contribution in [0.1, 0.15) is 38.2 Å². The largest absolute Gasteiger partial charge is 0.507 e. The van der Waals surface area contributed by atoms with Gasteiger partial charge in [0.25, 0.3) is 0 Å². The van der Waals surface area contributed by atoms with Crippen LogP contribution >= 0.6 is 7.34 Å². The fourth-order valence-corrected chi connectivity index (χ4v) is 3.67. The summed E-state index contributed by atoms with van der Waals surface area (Å²) in [6.07, 6.45) is 3.66. The monoisotopic (exact) mass is 424 g/mol. The first-order chi connectivity index (χ1) is 14.1. The third kappa shape index (κ3) is 5.39. The molecule has 0 spiro atoms. The fraction of sp³-hybridized carbons (Fsp3) is 0.167. The first-order valence-corrected chi connectivity index (χ1v) is 11.5. The van der Waals surface area contributed by atoms with Gasteiger partial charge in [-0.25, -0.2) is 0 Å². The highest BCUT2D eigenvalue weighted by Crippen LogP contribution is 2.35. The Labute approximate surface area is 176 Å². The van der Waals surface area contributed by atoms with Gasteiger partial charge in [0.15, 0.2) is 12.1 Å². The van der Waals surface area contributed by atoms with E-state index in [2.05, 4.69) is 6.30 Å². The summed E-state index contributed by atoms with van der Waals surface area (Å²) in [5.41, 5.74) is 4.75. The molecule has 0 radical (unpaired) electrons. The molecule has 156 valence electrons. The van der Waals surface area contributed by atoms with E-state index in [1.54, 1.807) is 42.5 Å². The Morgan fingerprint density at radius 2 is 1.63 bits per heavy atom. The van der Waals surface area contributed by atoms with Crippen molar-refractivity contribution in [3.05, 3.63) is 94.0 Å². The fourth-order valence-electron chi connectivity index (χ4n) is 3.32. The minimum atomic E-state index is -3.25. The van der Waals surface area contributed by atoms with Crippen LogP contribution in [0.15, 0.2) is 60.7 Å². The molecule has 6 heteroatoms. The Hall–Kier alpha value is -2.85. The summed E-state index contributed by atoms with van der Waals surface area (Å²) in [4.78, 5) is 31.6. The van der Waals surface area contributed by atoms with Gasteiger partial charge in [0, 0.05) is 5.56 Å². The first kappa shape index (κ1) is 21.8. The van der Waals surface area contributed by atoms with Crippen LogP contribution in [0.25, 0.3) is 0 Å². The summed E-state index contributed by atoms with van der Waals surface area (Å²) in [5, 5.41) is 10.2. The van der Waals surface area contributed by atoms with Gasteiger partial charge in [-0.05, 0) is 73.1 Å². The second-order valence-corrected chi connectivity index (χ2v) is 9.43. The molecule has 0 aliphatic rings. The maximum Gasteiger partial charge on any atom is 0.196 e. The highest BCUT2D eigenvalue weighted by Gasteiger charge is 2.15. The number of ketones is 1. The number of rotatable bonds is 7. The quantitative estimate of drug-likeness (QED) is 0.386. The molecule has 0 aliphatic heterocycles. The number of phenolic OH excluding ortho intramolecular Hbond substituents is 1. The van der Waals surface area contributed by atoms with E-state index < -0.39 is 7.34 Å². The second kappa shape index (κ2) is 8.88. The van der Waals surface area contributed by atoms with Crippen LogP contribution in [0.3, 0.4) is 0 Å². The number of phenols is 1. The van der Waals surface area contributed by atoms with Crippen molar-refractivity contribution >= 4 is 19.4 Å². The van der Waals surface area contributed by atoms with Crippen molar-refractivity contribution in [1.29, 1.82) is 0 Å². The number of carbonyl (C=O) groups is 1. The number of carbonyl (C=O) groups excluding carboxylic acids is 1. The van der Waals surface area contributed by atoms with E-state index >= 15 is 0 Å². The zero-order chi connectivity index (χ0) is 21.9. The lowest BCUT2D eigenvalue weighted by atomic mass is 9.93. The molecule has 3 rings (SSSR count). The van der Waals surface area contributed by atoms with Crippen molar-refractivity contribution in [3.63, 3.8) is 0 Å². The lowest BCUT2D eigenvalue weighted by Crippen LogP contribution is -2.04. The molecule has 0 unspecified atom stereocenters. The van der Waals surface area contributed by atoms with Gasteiger partial charge < -0.3 is 19.6 Å². The first-order valence-electron chi connectivity index (χ1n) is 9.46. The summed E-state index contributed by atoms with van der Waals surface area (Å²) in [7, 11) is -3.25. The maximum atomic E-state index is 12.8. The van der Waals surface area contributed by atoms with Crippen molar-refractivity contribution in [2.75, 3.05) is 6.35 Å². The SMILES string of the molecule is C=P(O)(O)COc1cc(C)c(Cc2ccc(O)c(C(=O)c3ccccc3)c2)c(C)c1. The number of hydrogen-bond acceptors (Lipinski definition) is 5. The molecule has 0 heterocycles. The second-order valence-electron chi connectivity index (χ2n) is 7.41. The van der Waals surface area contributed by atoms with Gasteiger partial charge in [-0.2, -0.15) is 0 Å². The molecular formula is C24H25O5P. The molecule has 0 amide bonds. The van der Waals surface area contributed by atoms with Gasteiger partial charge in [0.05, 0.1) is 5.56 Å². The Morgan fingerprint density at radius 3 is 2.23 bits per heavy atom. The molecule has 3 aromatic rings. The molecule has 0 atom stereocenters. The van der Waals surface area contributed by atoms with Gasteiger partial charge in [-0.15, -0.1) is 0 Å². The predicted molar refractivity (Wildman–Crippen MR) is 121 cm³/mol. The zero-order valence-corrected chi connectivity index (χ0v) is 17.9. The summed E-state index contributed by atoms with van der Waals surface area (Å²) < 4.78 is 5.46. The average Bonchev–Trinajstić information content (AvgIpc) is 2.70. The van der Waals surface area contributed by atoms with E-state index in [0.717, 1.165) is 22.3 Å². The van der Waals surface area contributed by atoms with Gasteiger partial charge in [0.1, 0.15) is 18.8 Å². The Morgan fingerprint density at radius 1 is 1.00 bits per heavy atom. The van der Waals surface area contributed by atoms with Crippen LogP contribution in [-0.4, -0.2) is 33.3 Å². The molecule has 0 saturated heterocycles. The van der Waals surface area contributed by atoms with E-state index in [4.69, 9.17) is 4.74 Å². The number of aryl methyl sites for hydroxylation is 2. The average molecular weight is 424 g/mol. The van der Waals surface area contributed by atoms with Crippen LogP contribution in [0.4, 0.5) is 0 Å². The smallest absolute Gasteiger partial charge is 0.196 e. The molecular weight excluding hydrogens is 399 g/mol. The molecule has 5 nitrogen and oxygen atoms in total. The molecule has 0 aromatic heterocycles. The molecule has 0 saturated carbocycles. The summed E-state index contributed by atoms with van der Waals surface area (Å²) in [6.45, 7) is 3.91. The topological polar surface area (TPSA) is 87.0 Å². The van der Waals surface area contributed by atoms with Crippen molar-refractivity contribution < 1.29 is 24.4 Å². The molecule has 3 aromatic carbocycles. The van der Waals surface area contributed by atoms with Crippen LogP contribution in [0, 0.1) is 13.8 Å². The number of aromatic hydroxyl groups is 1. The van der Waals surface area contributed by atoms with Crippen LogP contribution < -0.4 is 4.74 Å². The Balaban J connectivity index is 1.86. The van der Waals surface area contributed by atoms with E-state index in [9.17, 15) is 19.7 Å². The van der Waals surface area contributed by atoms with E-state index in [0.29, 0.717) is 17.7 Å². The predicted octanol–water partition coefficient (Wildman–Crippen LogP) is 4.43. The van der Waals surface area contributed by atoms with Crippen molar-refractivity contribution in [3.8, 4) is 11.5 Å². The third-order valence-corrected chi connectivity index (χ3v) is 5.37. The summed E-state index contributed by atoms with van der Waals surface area (Å²) in [6, 6.07) is 17.6.